The summed E-state index contributed by atoms with van der Waals surface area (Å²) >= 11 is 5.06. The summed E-state index contributed by atoms with van der Waals surface area (Å²) in [5.74, 6) is 0.186. The predicted octanol–water partition coefficient (Wildman–Crippen LogP) is 3.81. The lowest BCUT2D eigenvalue weighted by molar-refractivity contribution is 0.0744. The van der Waals surface area contributed by atoms with E-state index >= 15 is 0 Å². The van der Waals surface area contributed by atoms with Crippen LogP contribution in [0.25, 0.3) is 0 Å². The molecule has 20 heavy (non-hydrogen) atoms. The molecular weight excluding hydrogens is 336 g/mol. The van der Waals surface area contributed by atoms with Gasteiger partial charge in [-0.3, -0.25) is 4.79 Å². The lowest BCUT2D eigenvalue weighted by Gasteiger charge is -2.25. The van der Waals surface area contributed by atoms with Gasteiger partial charge in [-0.2, -0.15) is 0 Å². The first-order valence-corrected chi connectivity index (χ1v) is 9.01. The van der Waals surface area contributed by atoms with E-state index in [1.807, 2.05) is 17.9 Å². The Balaban J connectivity index is 2.05. The monoisotopic (exact) mass is 358 g/mol. The third kappa shape index (κ3) is 4.06. The normalized spacial score (nSPS) is 18.4. The second kappa shape index (κ2) is 7.57. The summed E-state index contributed by atoms with van der Waals surface area (Å²) in [4.78, 5) is 15.6. The van der Waals surface area contributed by atoms with E-state index < -0.39 is 0 Å². The van der Waals surface area contributed by atoms with Crippen LogP contribution in [-0.4, -0.2) is 36.5 Å². The smallest absolute Gasteiger partial charge is 0.264 e. The highest BCUT2D eigenvalue weighted by Gasteiger charge is 2.23. The lowest BCUT2D eigenvalue weighted by atomic mass is 10.2. The summed E-state index contributed by atoms with van der Waals surface area (Å²) in [6, 6.07) is 2.47. The number of rotatable bonds is 6. The van der Waals surface area contributed by atoms with Gasteiger partial charge in [0.1, 0.15) is 0 Å². The first-order valence-electron chi connectivity index (χ1n) is 7.40. The highest BCUT2D eigenvalue weighted by atomic mass is 79.9. The number of aryl methyl sites for hydroxylation is 1. The van der Waals surface area contributed by atoms with Gasteiger partial charge in [0.25, 0.3) is 5.91 Å². The molecule has 112 valence electrons. The Hall–Kier alpha value is -0.390. The number of amides is 1. The SMILES string of the molecule is CCCCN(CC1CCCN1)C(=O)c1cc(C)c(Br)s1. The Labute approximate surface area is 133 Å². The summed E-state index contributed by atoms with van der Waals surface area (Å²) in [6.07, 6.45) is 4.60. The molecule has 5 heteroatoms. The molecule has 0 aliphatic carbocycles. The zero-order valence-corrected chi connectivity index (χ0v) is 14.6. The molecule has 0 aromatic carbocycles. The topological polar surface area (TPSA) is 32.3 Å². The van der Waals surface area contributed by atoms with Gasteiger partial charge in [0.2, 0.25) is 0 Å². The number of hydrogen-bond acceptors (Lipinski definition) is 3. The molecule has 3 nitrogen and oxygen atoms in total. The van der Waals surface area contributed by atoms with Crippen LogP contribution in [0.3, 0.4) is 0 Å². The Bertz CT molecular complexity index is 435. The standard InChI is InChI=1S/C15H23BrN2OS/c1-3-4-8-18(10-12-6-5-7-17-12)15(19)13-9-11(2)14(16)20-13/h9,12,17H,3-8,10H2,1-2H3. The van der Waals surface area contributed by atoms with Crippen LogP contribution in [0.15, 0.2) is 9.85 Å². The maximum atomic E-state index is 12.7. The Kier molecular flexibility index (Phi) is 6.05. The van der Waals surface area contributed by atoms with Gasteiger partial charge < -0.3 is 10.2 Å². The van der Waals surface area contributed by atoms with Crippen molar-refractivity contribution < 1.29 is 4.79 Å². The van der Waals surface area contributed by atoms with Crippen molar-refractivity contribution in [1.29, 1.82) is 0 Å². The largest absolute Gasteiger partial charge is 0.336 e. The van der Waals surface area contributed by atoms with E-state index in [0.717, 1.165) is 46.7 Å². The molecule has 0 bridgehead atoms. The fourth-order valence-electron chi connectivity index (χ4n) is 2.52. The number of carbonyl (C=O) groups is 1. The van der Waals surface area contributed by atoms with Crippen molar-refractivity contribution in [3.8, 4) is 0 Å². The molecule has 1 amide bonds. The molecule has 2 heterocycles. The molecule has 1 saturated heterocycles. The Morgan fingerprint density at radius 3 is 2.95 bits per heavy atom. The van der Waals surface area contributed by atoms with Gasteiger partial charge in [0.05, 0.1) is 8.66 Å². The Morgan fingerprint density at radius 2 is 2.40 bits per heavy atom. The fraction of sp³-hybridized carbons (Fsp3) is 0.667. The Morgan fingerprint density at radius 1 is 1.60 bits per heavy atom. The van der Waals surface area contributed by atoms with E-state index in [1.54, 1.807) is 11.3 Å². The average Bonchev–Trinajstić information content (AvgIpc) is 3.05. The van der Waals surface area contributed by atoms with Crippen LogP contribution in [0.5, 0.6) is 0 Å². The summed E-state index contributed by atoms with van der Waals surface area (Å²) in [5.41, 5.74) is 1.15. The van der Waals surface area contributed by atoms with E-state index in [1.165, 1.54) is 12.8 Å². The molecule has 1 aliphatic heterocycles. The summed E-state index contributed by atoms with van der Waals surface area (Å²) in [7, 11) is 0. The zero-order valence-electron chi connectivity index (χ0n) is 12.2. The lowest BCUT2D eigenvalue weighted by Crippen LogP contribution is -2.41. The summed E-state index contributed by atoms with van der Waals surface area (Å²) in [5, 5.41) is 3.49. The van der Waals surface area contributed by atoms with Crippen molar-refractivity contribution in [1.82, 2.24) is 10.2 Å². The number of carbonyl (C=O) groups excluding carboxylic acids is 1. The molecular formula is C15H23BrN2OS. The van der Waals surface area contributed by atoms with Gasteiger partial charge in [0, 0.05) is 19.1 Å². The quantitative estimate of drug-likeness (QED) is 0.838. The second-order valence-electron chi connectivity index (χ2n) is 5.47. The number of unbranched alkanes of at least 4 members (excludes halogenated alkanes) is 1. The molecule has 1 unspecified atom stereocenters. The second-order valence-corrected chi connectivity index (χ2v) is 7.84. The van der Waals surface area contributed by atoms with Crippen LogP contribution >= 0.6 is 27.3 Å². The van der Waals surface area contributed by atoms with Crippen molar-refractivity contribution in [2.75, 3.05) is 19.6 Å². The molecule has 0 spiro atoms. The van der Waals surface area contributed by atoms with Crippen molar-refractivity contribution in [3.05, 3.63) is 20.3 Å². The van der Waals surface area contributed by atoms with Crippen molar-refractivity contribution in [2.24, 2.45) is 0 Å². The number of nitrogens with zero attached hydrogens (tertiary/aromatic N) is 1. The zero-order chi connectivity index (χ0) is 14.5. The van der Waals surface area contributed by atoms with Crippen LogP contribution in [0.1, 0.15) is 47.8 Å². The minimum Gasteiger partial charge on any atom is -0.336 e. The molecule has 1 atom stereocenters. The maximum absolute atomic E-state index is 12.7. The number of nitrogens with one attached hydrogen (secondary N) is 1. The van der Waals surface area contributed by atoms with Crippen molar-refractivity contribution in [3.63, 3.8) is 0 Å². The van der Waals surface area contributed by atoms with Crippen molar-refractivity contribution in [2.45, 2.75) is 45.6 Å². The van der Waals surface area contributed by atoms with E-state index in [9.17, 15) is 4.79 Å². The molecule has 1 aliphatic rings. The minimum atomic E-state index is 0.186. The highest BCUT2D eigenvalue weighted by molar-refractivity contribution is 9.11. The third-order valence-corrected chi connectivity index (χ3v) is 5.86. The van der Waals surface area contributed by atoms with E-state index in [-0.39, 0.29) is 5.91 Å². The first-order chi connectivity index (χ1) is 9.61. The van der Waals surface area contributed by atoms with Gasteiger partial charge in [-0.15, -0.1) is 11.3 Å². The number of hydrogen-bond donors (Lipinski definition) is 1. The van der Waals surface area contributed by atoms with Crippen LogP contribution in [-0.2, 0) is 0 Å². The van der Waals surface area contributed by atoms with Crippen LogP contribution in [0, 0.1) is 6.92 Å². The molecule has 1 fully saturated rings. The van der Waals surface area contributed by atoms with Crippen LogP contribution in [0.2, 0.25) is 0 Å². The summed E-state index contributed by atoms with van der Waals surface area (Å²) in [6.45, 7) is 6.99. The predicted molar refractivity (Wildman–Crippen MR) is 88.6 cm³/mol. The van der Waals surface area contributed by atoms with E-state index in [0.29, 0.717) is 6.04 Å². The highest BCUT2D eigenvalue weighted by Crippen LogP contribution is 2.28. The third-order valence-electron chi connectivity index (χ3n) is 3.74. The van der Waals surface area contributed by atoms with Gasteiger partial charge in [-0.25, -0.2) is 0 Å². The molecule has 0 radical (unpaired) electrons. The van der Waals surface area contributed by atoms with Gasteiger partial charge in [-0.05, 0) is 60.3 Å². The molecule has 0 saturated carbocycles. The number of halogens is 1. The van der Waals surface area contributed by atoms with E-state index in [2.05, 4.69) is 28.2 Å². The van der Waals surface area contributed by atoms with Crippen molar-refractivity contribution >= 4 is 33.2 Å². The van der Waals surface area contributed by atoms with Crippen LogP contribution < -0.4 is 5.32 Å². The van der Waals surface area contributed by atoms with Crippen LogP contribution in [0.4, 0.5) is 0 Å². The minimum absolute atomic E-state index is 0.186. The molecule has 2 rings (SSSR count). The number of thiophene rings is 1. The molecule has 1 aromatic heterocycles. The van der Waals surface area contributed by atoms with Gasteiger partial charge in [-0.1, -0.05) is 13.3 Å². The fourth-order valence-corrected chi connectivity index (χ4v) is 4.03. The summed E-state index contributed by atoms with van der Waals surface area (Å²) < 4.78 is 1.07. The van der Waals surface area contributed by atoms with Gasteiger partial charge >= 0.3 is 0 Å². The van der Waals surface area contributed by atoms with Gasteiger partial charge in [0.15, 0.2) is 0 Å². The molecule has 1 N–H and O–H groups in total. The average molecular weight is 359 g/mol. The van der Waals surface area contributed by atoms with E-state index in [4.69, 9.17) is 0 Å². The molecule has 1 aromatic rings. The maximum Gasteiger partial charge on any atom is 0.264 e. The first kappa shape index (κ1) is 16.0.